The van der Waals surface area contributed by atoms with E-state index in [-0.39, 0.29) is 49.2 Å². The van der Waals surface area contributed by atoms with Gasteiger partial charge in [-0.15, -0.1) is 0 Å². The number of benzene rings is 4. The lowest BCUT2D eigenvalue weighted by molar-refractivity contribution is 0.0667. The van der Waals surface area contributed by atoms with Crippen LogP contribution in [0.25, 0.3) is 10.8 Å². The van der Waals surface area contributed by atoms with Gasteiger partial charge in [-0.05, 0) is 66.6 Å². The molecule has 0 spiro atoms. The van der Waals surface area contributed by atoms with Crippen molar-refractivity contribution in [3.8, 4) is 0 Å². The van der Waals surface area contributed by atoms with Crippen LogP contribution in [0.15, 0.2) is 95.8 Å². The highest BCUT2D eigenvalue weighted by molar-refractivity contribution is 6.05. The van der Waals surface area contributed by atoms with Crippen molar-refractivity contribution in [1.82, 2.24) is 20.0 Å². The number of anilines is 2. The van der Waals surface area contributed by atoms with Crippen molar-refractivity contribution in [2.75, 3.05) is 36.8 Å². The van der Waals surface area contributed by atoms with E-state index in [2.05, 4.69) is 20.8 Å². The second-order valence-corrected chi connectivity index (χ2v) is 11.1. The number of nitrogens with zero attached hydrogens (tertiary/aromatic N) is 3. The van der Waals surface area contributed by atoms with E-state index in [0.717, 1.165) is 11.3 Å². The Morgan fingerprint density at radius 2 is 1.50 bits per heavy atom. The number of halogens is 1. The summed E-state index contributed by atoms with van der Waals surface area (Å²) in [6, 6.07) is 25.2. The highest BCUT2D eigenvalue weighted by atomic mass is 19.1. The largest absolute Gasteiger partial charge is 0.335 e. The van der Waals surface area contributed by atoms with Crippen molar-refractivity contribution < 1.29 is 18.8 Å². The van der Waals surface area contributed by atoms with Crippen LogP contribution >= 0.6 is 0 Å². The number of aryl methyl sites for hydroxylation is 1. The molecule has 0 unspecified atom stereocenters. The van der Waals surface area contributed by atoms with E-state index < -0.39 is 11.7 Å². The van der Waals surface area contributed by atoms with Gasteiger partial charge in [-0.2, -0.15) is 5.10 Å². The third-order valence-corrected chi connectivity index (χ3v) is 8.05. The maximum absolute atomic E-state index is 14.9. The topological polar surface area (TPSA) is 128 Å². The number of aromatic amines is 1. The second kappa shape index (κ2) is 13.0. The number of aromatic nitrogens is 2. The first-order valence-electron chi connectivity index (χ1n) is 14.8. The van der Waals surface area contributed by atoms with Crippen molar-refractivity contribution in [1.29, 1.82) is 0 Å². The fourth-order valence-corrected chi connectivity index (χ4v) is 5.44. The first-order valence-corrected chi connectivity index (χ1v) is 14.8. The van der Waals surface area contributed by atoms with Crippen LogP contribution in [0, 0.1) is 12.7 Å². The van der Waals surface area contributed by atoms with Crippen LogP contribution in [0.4, 0.5) is 20.6 Å². The average molecular weight is 619 g/mol. The molecule has 0 bridgehead atoms. The van der Waals surface area contributed by atoms with Crippen LogP contribution in [0.5, 0.6) is 0 Å². The molecule has 4 aromatic carbocycles. The SMILES string of the molecule is Cc1ccccc1NC(=O)c1ccc(NC(=O)N2CCN(C(=O)c3cc(Cc4n[nH]c(=O)c5ccccc45)ccc3F)CC2)cc1. The van der Waals surface area contributed by atoms with Crippen LogP contribution in [0.3, 0.4) is 0 Å². The number of carbonyl (C=O) groups is 3. The Hall–Kier alpha value is -5.84. The quantitative estimate of drug-likeness (QED) is 0.241. The van der Waals surface area contributed by atoms with Crippen molar-refractivity contribution in [2.45, 2.75) is 13.3 Å². The number of amides is 4. The van der Waals surface area contributed by atoms with Gasteiger partial charge in [-0.25, -0.2) is 14.3 Å². The molecule has 1 saturated heterocycles. The van der Waals surface area contributed by atoms with Crippen molar-refractivity contribution in [3.05, 3.63) is 135 Å². The molecule has 6 rings (SSSR count). The van der Waals surface area contributed by atoms with Gasteiger partial charge >= 0.3 is 6.03 Å². The predicted molar refractivity (Wildman–Crippen MR) is 174 cm³/mol. The summed E-state index contributed by atoms with van der Waals surface area (Å²) >= 11 is 0. The molecule has 1 fully saturated rings. The number of hydrogen-bond donors (Lipinski definition) is 3. The molecule has 11 heteroatoms. The molecule has 46 heavy (non-hydrogen) atoms. The molecule has 0 atom stereocenters. The van der Waals surface area contributed by atoms with Gasteiger partial charge in [-0.1, -0.05) is 42.5 Å². The van der Waals surface area contributed by atoms with Gasteiger partial charge in [0.1, 0.15) is 5.82 Å². The van der Waals surface area contributed by atoms with Gasteiger partial charge in [0, 0.05) is 54.9 Å². The van der Waals surface area contributed by atoms with E-state index in [0.29, 0.717) is 39.7 Å². The summed E-state index contributed by atoms with van der Waals surface area (Å²) in [5.41, 5.74) is 3.59. The van der Waals surface area contributed by atoms with Crippen molar-refractivity contribution in [3.63, 3.8) is 0 Å². The summed E-state index contributed by atoms with van der Waals surface area (Å²) in [6.45, 7) is 2.92. The van der Waals surface area contributed by atoms with Crippen LogP contribution < -0.4 is 16.2 Å². The molecule has 5 aromatic rings. The molecule has 1 aromatic heterocycles. The van der Waals surface area contributed by atoms with Gasteiger partial charge in [0.2, 0.25) is 0 Å². The number of carbonyl (C=O) groups excluding carboxylic acids is 3. The summed E-state index contributed by atoms with van der Waals surface area (Å²) in [7, 11) is 0. The molecule has 4 amide bonds. The zero-order valence-corrected chi connectivity index (χ0v) is 25.0. The minimum absolute atomic E-state index is 0.0596. The number of para-hydroxylation sites is 1. The van der Waals surface area contributed by atoms with Gasteiger partial charge in [-0.3, -0.25) is 14.4 Å². The number of urea groups is 1. The first kappa shape index (κ1) is 30.2. The van der Waals surface area contributed by atoms with E-state index in [1.54, 1.807) is 53.4 Å². The molecule has 0 aliphatic carbocycles. The van der Waals surface area contributed by atoms with Crippen LogP contribution in [-0.2, 0) is 6.42 Å². The summed E-state index contributed by atoms with van der Waals surface area (Å²) in [6.07, 6.45) is 0.296. The normalized spacial score (nSPS) is 13.0. The van der Waals surface area contributed by atoms with Crippen LogP contribution in [0.1, 0.15) is 37.5 Å². The van der Waals surface area contributed by atoms with Gasteiger partial charge in [0.05, 0.1) is 16.6 Å². The number of rotatable bonds is 6. The maximum atomic E-state index is 14.9. The highest BCUT2D eigenvalue weighted by Crippen LogP contribution is 2.21. The molecule has 1 aliphatic heterocycles. The third-order valence-electron chi connectivity index (χ3n) is 8.05. The maximum Gasteiger partial charge on any atom is 0.321 e. The Kier molecular flexibility index (Phi) is 8.55. The molecule has 2 heterocycles. The van der Waals surface area contributed by atoms with Gasteiger partial charge < -0.3 is 20.4 Å². The second-order valence-electron chi connectivity index (χ2n) is 11.1. The minimum atomic E-state index is -0.635. The lowest BCUT2D eigenvalue weighted by Gasteiger charge is -2.34. The monoisotopic (exact) mass is 618 g/mol. The van der Waals surface area contributed by atoms with E-state index in [1.807, 2.05) is 37.3 Å². The van der Waals surface area contributed by atoms with E-state index >= 15 is 0 Å². The number of H-pyrrole nitrogens is 1. The number of hydrogen-bond acceptors (Lipinski definition) is 5. The Balaban J connectivity index is 1.05. The summed E-state index contributed by atoms with van der Waals surface area (Å²) in [4.78, 5) is 54.2. The van der Waals surface area contributed by atoms with E-state index in [9.17, 15) is 23.6 Å². The summed E-state index contributed by atoms with van der Waals surface area (Å²) in [5, 5.41) is 13.6. The third kappa shape index (κ3) is 6.48. The zero-order valence-electron chi connectivity index (χ0n) is 25.0. The lowest BCUT2D eigenvalue weighted by atomic mass is 10.0. The molecule has 10 nitrogen and oxygen atoms in total. The Morgan fingerprint density at radius 3 is 2.24 bits per heavy atom. The van der Waals surface area contributed by atoms with Gasteiger partial charge in [0.15, 0.2) is 0 Å². The molecular formula is C35H31FN6O4. The molecule has 1 aliphatic rings. The Labute approximate surface area is 263 Å². The van der Waals surface area contributed by atoms with Crippen molar-refractivity contribution in [2.24, 2.45) is 0 Å². The molecule has 0 saturated carbocycles. The fraction of sp³-hybridized carbons (Fsp3) is 0.171. The van der Waals surface area contributed by atoms with Crippen LogP contribution in [0.2, 0.25) is 0 Å². The molecule has 3 N–H and O–H groups in total. The van der Waals surface area contributed by atoms with Crippen molar-refractivity contribution >= 4 is 40.0 Å². The standard InChI is InChI=1S/C35H31FN6O4/c1-22-6-2-5-9-30(22)38-32(43)24-11-13-25(14-12-24)37-35(46)42-18-16-41(17-19-42)34(45)28-20-23(10-15-29(28)36)21-31-26-7-3-4-8-27(26)33(44)40-39-31/h2-15,20H,16-19,21H2,1H3,(H,37,46)(H,38,43)(H,40,44). The Morgan fingerprint density at radius 1 is 0.826 bits per heavy atom. The summed E-state index contributed by atoms with van der Waals surface area (Å²) in [5.74, 6) is -1.35. The molecule has 0 radical (unpaired) electrons. The Bertz CT molecular complexity index is 2000. The summed E-state index contributed by atoms with van der Waals surface area (Å²) < 4.78 is 14.9. The average Bonchev–Trinajstić information content (AvgIpc) is 3.08. The lowest BCUT2D eigenvalue weighted by Crippen LogP contribution is -2.51. The first-order chi connectivity index (χ1) is 22.3. The van der Waals surface area contributed by atoms with Gasteiger partial charge in [0.25, 0.3) is 17.4 Å². The highest BCUT2D eigenvalue weighted by Gasteiger charge is 2.27. The number of piperazine rings is 1. The van der Waals surface area contributed by atoms with E-state index in [4.69, 9.17) is 0 Å². The molecular weight excluding hydrogens is 587 g/mol. The minimum Gasteiger partial charge on any atom is -0.335 e. The fourth-order valence-electron chi connectivity index (χ4n) is 5.44. The smallest absolute Gasteiger partial charge is 0.321 e. The number of nitrogens with one attached hydrogen (secondary N) is 3. The number of fused-ring (bicyclic) bond motifs is 1. The van der Waals surface area contributed by atoms with E-state index in [1.165, 1.54) is 17.0 Å². The van der Waals surface area contributed by atoms with Crippen LogP contribution in [-0.4, -0.2) is 64.0 Å². The predicted octanol–water partition coefficient (Wildman–Crippen LogP) is 5.20. The zero-order chi connectivity index (χ0) is 32.2. The molecule has 232 valence electrons.